The minimum atomic E-state index is -0.634. The lowest BCUT2D eigenvalue weighted by atomic mass is 9.88. The molecule has 0 bridgehead atoms. The van der Waals surface area contributed by atoms with Crippen molar-refractivity contribution in [3.05, 3.63) is 71.8 Å². The molecular weight excluding hydrogens is 414 g/mol. The fraction of sp³-hybridized carbons (Fsp3) is 0.444. The second kappa shape index (κ2) is 11.6. The van der Waals surface area contributed by atoms with Gasteiger partial charge in [0, 0.05) is 24.7 Å². The molecule has 6 heteroatoms. The standard InChI is InChI=1S/C27H35N3O3/c1-19(2)20(3)28-27(33)25(29-26(32)23-12-8-5-9-13-23)22-14-16-30(17-15-22)24(31)18-21-10-6-4-7-11-21/h4-13,19-20,22,25H,14-18H2,1-3H3,(H,28,33)(H,29,32)/t20-,25-/m1/s1. The normalized spacial score (nSPS) is 16.2. The number of hydrogen-bond acceptors (Lipinski definition) is 3. The zero-order chi connectivity index (χ0) is 23.8. The molecule has 3 amide bonds. The van der Waals surface area contributed by atoms with Gasteiger partial charge in [0.05, 0.1) is 6.42 Å². The maximum atomic E-state index is 13.2. The van der Waals surface area contributed by atoms with Crippen molar-refractivity contribution < 1.29 is 14.4 Å². The Kier molecular flexibility index (Phi) is 8.64. The molecule has 0 aliphatic carbocycles. The molecule has 0 saturated carbocycles. The van der Waals surface area contributed by atoms with E-state index in [2.05, 4.69) is 24.5 Å². The van der Waals surface area contributed by atoms with Crippen LogP contribution >= 0.6 is 0 Å². The molecule has 6 nitrogen and oxygen atoms in total. The van der Waals surface area contributed by atoms with E-state index in [1.807, 2.05) is 60.4 Å². The summed E-state index contributed by atoms with van der Waals surface area (Å²) < 4.78 is 0. The fourth-order valence-corrected chi connectivity index (χ4v) is 4.06. The van der Waals surface area contributed by atoms with Crippen molar-refractivity contribution in [1.29, 1.82) is 0 Å². The second-order valence-electron chi connectivity index (χ2n) is 9.24. The van der Waals surface area contributed by atoms with E-state index in [4.69, 9.17) is 0 Å². The lowest BCUT2D eigenvalue weighted by molar-refractivity contribution is -0.132. The van der Waals surface area contributed by atoms with Crippen molar-refractivity contribution in [2.75, 3.05) is 13.1 Å². The number of nitrogens with one attached hydrogen (secondary N) is 2. The van der Waals surface area contributed by atoms with Crippen molar-refractivity contribution in [2.45, 2.75) is 52.1 Å². The van der Waals surface area contributed by atoms with Gasteiger partial charge in [-0.3, -0.25) is 14.4 Å². The maximum Gasteiger partial charge on any atom is 0.251 e. The van der Waals surface area contributed by atoms with Crippen molar-refractivity contribution in [1.82, 2.24) is 15.5 Å². The molecule has 0 aromatic heterocycles. The van der Waals surface area contributed by atoms with Crippen LogP contribution in [0.3, 0.4) is 0 Å². The molecule has 1 saturated heterocycles. The van der Waals surface area contributed by atoms with Crippen LogP contribution in [0.1, 0.15) is 49.5 Å². The van der Waals surface area contributed by atoms with Crippen LogP contribution in [0.5, 0.6) is 0 Å². The number of piperidine rings is 1. The summed E-state index contributed by atoms with van der Waals surface area (Å²) in [6, 6.07) is 18.0. The Morgan fingerprint density at radius 2 is 1.45 bits per heavy atom. The molecule has 33 heavy (non-hydrogen) atoms. The highest BCUT2D eigenvalue weighted by Crippen LogP contribution is 2.23. The number of amides is 3. The van der Waals surface area contributed by atoms with E-state index in [-0.39, 0.29) is 35.6 Å². The number of likely N-dealkylation sites (tertiary alicyclic amines) is 1. The summed E-state index contributed by atoms with van der Waals surface area (Å²) in [4.78, 5) is 40.6. The van der Waals surface area contributed by atoms with Crippen LogP contribution in [0.4, 0.5) is 0 Å². The molecule has 1 aliphatic rings. The van der Waals surface area contributed by atoms with E-state index >= 15 is 0 Å². The highest BCUT2D eigenvalue weighted by Gasteiger charge is 2.34. The Bertz CT molecular complexity index is 922. The molecule has 1 heterocycles. The molecule has 0 unspecified atom stereocenters. The van der Waals surface area contributed by atoms with Gasteiger partial charge in [-0.2, -0.15) is 0 Å². The van der Waals surface area contributed by atoms with Gasteiger partial charge in [0.25, 0.3) is 5.91 Å². The maximum absolute atomic E-state index is 13.2. The zero-order valence-electron chi connectivity index (χ0n) is 19.8. The summed E-state index contributed by atoms with van der Waals surface area (Å²) in [5.41, 5.74) is 1.53. The van der Waals surface area contributed by atoms with Gasteiger partial charge in [0.2, 0.25) is 11.8 Å². The van der Waals surface area contributed by atoms with Gasteiger partial charge in [0.15, 0.2) is 0 Å². The molecule has 2 aromatic carbocycles. The van der Waals surface area contributed by atoms with Gasteiger partial charge >= 0.3 is 0 Å². The quantitative estimate of drug-likeness (QED) is 0.648. The monoisotopic (exact) mass is 449 g/mol. The molecule has 2 N–H and O–H groups in total. The van der Waals surface area contributed by atoms with Gasteiger partial charge in [-0.15, -0.1) is 0 Å². The Morgan fingerprint density at radius 3 is 2.03 bits per heavy atom. The van der Waals surface area contributed by atoms with E-state index in [0.717, 1.165) is 5.56 Å². The predicted molar refractivity (Wildman–Crippen MR) is 130 cm³/mol. The molecule has 176 valence electrons. The van der Waals surface area contributed by atoms with E-state index in [1.54, 1.807) is 12.1 Å². The Balaban J connectivity index is 1.65. The third kappa shape index (κ3) is 6.91. The SMILES string of the molecule is CC(C)[C@@H](C)NC(=O)[C@H](NC(=O)c1ccccc1)C1CCN(C(=O)Cc2ccccc2)CC1. The molecule has 1 fully saturated rings. The minimum Gasteiger partial charge on any atom is -0.352 e. The van der Waals surface area contributed by atoms with Gasteiger partial charge in [-0.25, -0.2) is 0 Å². The van der Waals surface area contributed by atoms with Crippen molar-refractivity contribution in [2.24, 2.45) is 11.8 Å². The number of carbonyl (C=O) groups is 3. The van der Waals surface area contributed by atoms with Crippen LogP contribution in [-0.4, -0.2) is 47.8 Å². The van der Waals surface area contributed by atoms with Gasteiger partial charge in [-0.1, -0.05) is 62.4 Å². The molecule has 1 aliphatic heterocycles. The molecule has 0 spiro atoms. The number of benzene rings is 2. The summed E-state index contributed by atoms with van der Waals surface area (Å²) >= 11 is 0. The Morgan fingerprint density at radius 1 is 0.879 bits per heavy atom. The third-order valence-electron chi connectivity index (χ3n) is 6.54. The minimum absolute atomic E-state index is 0.00108. The lowest BCUT2D eigenvalue weighted by Crippen LogP contribution is -2.55. The van der Waals surface area contributed by atoms with Crippen molar-refractivity contribution >= 4 is 17.7 Å². The average Bonchev–Trinajstić information content (AvgIpc) is 2.83. The molecular formula is C27H35N3O3. The van der Waals surface area contributed by atoms with E-state index < -0.39 is 6.04 Å². The van der Waals surface area contributed by atoms with Crippen LogP contribution in [0, 0.1) is 11.8 Å². The van der Waals surface area contributed by atoms with Crippen LogP contribution < -0.4 is 10.6 Å². The average molecular weight is 450 g/mol. The number of rotatable bonds is 8. The third-order valence-corrected chi connectivity index (χ3v) is 6.54. The molecule has 2 atom stereocenters. The summed E-state index contributed by atoms with van der Waals surface area (Å²) in [5.74, 6) is -0.0536. The fourth-order valence-electron chi connectivity index (χ4n) is 4.06. The highest BCUT2D eigenvalue weighted by molar-refractivity contribution is 5.97. The Hall–Kier alpha value is -3.15. The van der Waals surface area contributed by atoms with Crippen molar-refractivity contribution in [3.8, 4) is 0 Å². The first-order valence-electron chi connectivity index (χ1n) is 11.8. The van der Waals surface area contributed by atoms with Gasteiger partial charge in [0.1, 0.15) is 6.04 Å². The van der Waals surface area contributed by atoms with E-state index in [0.29, 0.717) is 37.9 Å². The second-order valence-corrected chi connectivity index (χ2v) is 9.24. The van der Waals surface area contributed by atoms with Crippen molar-refractivity contribution in [3.63, 3.8) is 0 Å². The summed E-state index contributed by atoms with van der Waals surface area (Å²) in [5, 5.41) is 6.04. The first kappa shape index (κ1) is 24.5. The largest absolute Gasteiger partial charge is 0.352 e. The van der Waals surface area contributed by atoms with Crippen LogP contribution in [0.25, 0.3) is 0 Å². The molecule has 2 aromatic rings. The molecule has 0 radical (unpaired) electrons. The summed E-state index contributed by atoms with van der Waals surface area (Å²) in [6.07, 6.45) is 1.72. The Labute approximate surface area is 196 Å². The first-order chi connectivity index (χ1) is 15.8. The summed E-state index contributed by atoms with van der Waals surface area (Å²) in [6.45, 7) is 7.25. The smallest absolute Gasteiger partial charge is 0.251 e. The lowest BCUT2D eigenvalue weighted by Gasteiger charge is -2.36. The number of hydrogen-bond donors (Lipinski definition) is 2. The predicted octanol–water partition coefficient (Wildman–Crippen LogP) is 3.43. The van der Waals surface area contributed by atoms with Crippen LogP contribution in [0.15, 0.2) is 60.7 Å². The van der Waals surface area contributed by atoms with Crippen LogP contribution in [0.2, 0.25) is 0 Å². The summed E-state index contributed by atoms with van der Waals surface area (Å²) in [7, 11) is 0. The van der Waals surface area contributed by atoms with Crippen LogP contribution in [-0.2, 0) is 16.0 Å². The first-order valence-corrected chi connectivity index (χ1v) is 11.8. The van der Waals surface area contributed by atoms with E-state index in [9.17, 15) is 14.4 Å². The number of carbonyl (C=O) groups excluding carboxylic acids is 3. The van der Waals surface area contributed by atoms with Gasteiger partial charge < -0.3 is 15.5 Å². The highest BCUT2D eigenvalue weighted by atomic mass is 16.2. The number of nitrogens with zero attached hydrogens (tertiary/aromatic N) is 1. The zero-order valence-corrected chi connectivity index (χ0v) is 19.8. The van der Waals surface area contributed by atoms with Gasteiger partial charge in [-0.05, 0) is 49.3 Å². The van der Waals surface area contributed by atoms with E-state index in [1.165, 1.54) is 0 Å². The molecule has 3 rings (SSSR count). The topological polar surface area (TPSA) is 78.5 Å².